The molecule has 1 aromatic rings. The van der Waals surface area contributed by atoms with Gasteiger partial charge in [-0.3, -0.25) is 0 Å². The van der Waals surface area contributed by atoms with E-state index in [9.17, 15) is 0 Å². The van der Waals surface area contributed by atoms with Gasteiger partial charge in [0.1, 0.15) is 5.75 Å². The summed E-state index contributed by atoms with van der Waals surface area (Å²) in [5.41, 5.74) is 3.91. The topological polar surface area (TPSA) is 21.3 Å². The van der Waals surface area contributed by atoms with Gasteiger partial charge in [-0.25, -0.2) is 0 Å². The Balaban J connectivity index is 2.26. The van der Waals surface area contributed by atoms with E-state index in [1.165, 1.54) is 42.4 Å². The summed E-state index contributed by atoms with van der Waals surface area (Å²) in [7, 11) is 1.75. The maximum Gasteiger partial charge on any atom is 0.124 e. The second-order valence-electron chi connectivity index (χ2n) is 5.04. The zero-order chi connectivity index (χ0) is 12.3. The Morgan fingerprint density at radius 2 is 1.82 bits per heavy atom. The molecule has 0 aromatic heterocycles. The number of rotatable bonds is 2. The van der Waals surface area contributed by atoms with Crippen LogP contribution >= 0.6 is 0 Å². The second kappa shape index (κ2) is 5.54. The lowest BCUT2D eigenvalue weighted by molar-refractivity contribution is 0.408. The van der Waals surface area contributed by atoms with Gasteiger partial charge in [-0.05, 0) is 49.9 Å². The highest BCUT2D eigenvalue weighted by Gasteiger charge is 2.15. The Labute approximate surface area is 104 Å². The minimum absolute atomic E-state index is 0.529. The van der Waals surface area contributed by atoms with Crippen molar-refractivity contribution in [1.29, 1.82) is 0 Å². The summed E-state index contributed by atoms with van der Waals surface area (Å²) in [6.45, 7) is 5.41. The van der Waals surface area contributed by atoms with Crippen molar-refractivity contribution in [2.45, 2.75) is 45.6 Å². The Morgan fingerprint density at radius 3 is 2.47 bits per heavy atom. The molecule has 1 saturated heterocycles. The van der Waals surface area contributed by atoms with Crippen LogP contribution in [-0.2, 0) is 0 Å². The van der Waals surface area contributed by atoms with Crippen LogP contribution in [0.3, 0.4) is 0 Å². The average molecular weight is 233 g/mol. The number of benzene rings is 1. The van der Waals surface area contributed by atoms with Gasteiger partial charge in [-0.2, -0.15) is 0 Å². The van der Waals surface area contributed by atoms with Crippen molar-refractivity contribution in [2.75, 3.05) is 13.7 Å². The standard InChI is InChI=1S/C15H23NO/c1-11-9-13(10-12(2)15(11)17-3)14-7-5-4-6-8-16-14/h9-10,14,16H,4-8H2,1-3H3. The Morgan fingerprint density at radius 1 is 1.12 bits per heavy atom. The molecule has 1 fully saturated rings. The van der Waals surface area contributed by atoms with E-state index in [0.29, 0.717) is 6.04 Å². The third kappa shape index (κ3) is 2.81. The molecule has 17 heavy (non-hydrogen) atoms. The predicted octanol–water partition coefficient (Wildman–Crippen LogP) is 3.52. The highest BCUT2D eigenvalue weighted by Crippen LogP contribution is 2.30. The van der Waals surface area contributed by atoms with Crippen LogP contribution < -0.4 is 10.1 Å². The van der Waals surface area contributed by atoms with Crippen molar-refractivity contribution in [3.8, 4) is 5.75 Å². The number of aryl methyl sites for hydroxylation is 2. The first-order valence-corrected chi connectivity index (χ1v) is 6.61. The van der Waals surface area contributed by atoms with Gasteiger partial charge >= 0.3 is 0 Å². The monoisotopic (exact) mass is 233 g/mol. The minimum Gasteiger partial charge on any atom is -0.496 e. The number of ether oxygens (including phenoxy) is 1. The molecular formula is C15H23NO. The highest BCUT2D eigenvalue weighted by atomic mass is 16.5. The molecule has 2 nitrogen and oxygen atoms in total. The normalized spacial score (nSPS) is 21.0. The maximum atomic E-state index is 5.42. The van der Waals surface area contributed by atoms with Crippen molar-refractivity contribution < 1.29 is 4.74 Å². The van der Waals surface area contributed by atoms with E-state index in [1.807, 2.05) is 0 Å². The molecule has 1 aromatic carbocycles. The molecule has 94 valence electrons. The van der Waals surface area contributed by atoms with Crippen LogP contribution in [-0.4, -0.2) is 13.7 Å². The summed E-state index contributed by atoms with van der Waals surface area (Å²) in [6, 6.07) is 5.07. The number of nitrogens with one attached hydrogen (secondary N) is 1. The number of methoxy groups -OCH3 is 1. The van der Waals surface area contributed by atoms with Crippen molar-refractivity contribution in [2.24, 2.45) is 0 Å². The molecule has 2 heteroatoms. The SMILES string of the molecule is COc1c(C)cc(C2CCCCCN2)cc1C. The molecule has 0 aliphatic carbocycles. The molecule has 1 heterocycles. The van der Waals surface area contributed by atoms with Crippen LogP contribution in [0.4, 0.5) is 0 Å². The third-order valence-electron chi connectivity index (χ3n) is 3.65. The Kier molecular flexibility index (Phi) is 4.06. The summed E-state index contributed by atoms with van der Waals surface area (Å²) in [4.78, 5) is 0. The molecule has 1 aliphatic heterocycles. The fraction of sp³-hybridized carbons (Fsp3) is 0.600. The first-order chi connectivity index (χ1) is 8.22. The zero-order valence-corrected chi connectivity index (χ0v) is 11.2. The van der Waals surface area contributed by atoms with Gasteiger partial charge < -0.3 is 10.1 Å². The molecule has 0 spiro atoms. The summed E-state index contributed by atoms with van der Waals surface area (Å²) >= 11 is 0. The van der Waals surface area contributed by atoms with Gasteiger partial charge in [0, 0.05) is 6.04 Å². The fourth-order valence-electron chi connectivity index (χ4n) is 2.82. The summed E-state index contributed by atoms with van der Waals surface area (Å²) in [5, 5.41) is 3.65. The zero-order valence-electron chi connectivity index (χ0n) is 11.2. The molecule has 0 saturated carbocycles. The van der Waals surface area contributed by atoms with E-state index in [1.54, 1.807) is 7.11 Å². The molecular weight excluding hydrogens is 210 g/mol. The highest BCUT2D eigenvalue weighted by molar-refractivity contribution is 5.44. The van der Waals surface area contributed by atoms with E-state index in [4.69, 9.17) is 4.74 Å². The number of hydrogen-bond donors (Lipinski definition) is 1. The molecule has 1 atom stereocenters. The largest absolute Gasteiger partial charge is 0.496 e. The quantitative estimate of drug-likeness (QED) is 0.844. The van der Waals surface area contributed by atoms with Crippen molar-refractivity contribution in [3.05, 3.63) is 28.8 Å². The van der Waals surface area contributed by atoms with Crippen molar-refractivity contribution in [1.82, 2.24) is 5.32 Å². The summed E-state index contributed by atoms with van der Waals surface area (Å²) in [6.07, 6.45) is 5.26. The maximum absolute atomic E-state index is 5.42. The average Bonchev–Trinajstić information content (AvgIpc) is 2.57. The van der Waals surface area contributed by atoms with E-state index in [0.717, 1.165) is 12.3 Å². The smallest absolute Gasteiger partial charge is 0.124 e. The van der Waals surface area contributed by atoms with Crippen LogP contribution in [0.5, 0.6) is 5.75 Å². The van der Waals surface area contributed by atoms with Crippen LogP contribution in [0.15, 0.2) is 12.1 Å². The fourth-order valence-corrected chi connectivity index (χ4v) is 2.82. The Bertz CT molecular complexity index is 356. The lowest BCUT2D eigenvalue weighted by Crippen LogP contribution is -2.20. The van der Waals surface area contributed by atoms with Gasteiger partial charge in [-0.1, -0.05) is 25.0 Å². The molecule has 1 unspecified atom stereocenters. The second-order valence-corrected chi connectivity index (χ2v) is 5.04. The van der Waals surface area contributed by atoms with E-state index < -0.39 is 0 Å². The van der Waals surface area contributed by atoms with E-state index >= 15 is 0 Å². The van der Waals surface area contributed by atoms with Crippen molar-refractivity contribution >= 4 is 0 Å². The summed E-state index contributed by atoms with van der Waals surface area (Å²) < 4.78 is 5.42. The van der Waals surface area contributed by atoms with Crippen LogP contribution in [0.2, 0.25) is 0 Å². The van der Waals surface area contributed by atoms with E-state index in [2.05, 4.69) is 31.3 Å². The first-order valence-electron chi connectivity index (χ1n) is 6.61. The summed E-state index contributed by atoms with van der Waals surface area (Å²) in [5.74, 6) is 1.03. The molecule has 0 amide bonds. The van der Waals surface area contributed by atoms with Crippen molar-refractivity contribution in [3.63, 3.8) is 0 Å². The number of hydrogen-bond acceptors (Lipinski definition) is 2. The van der Waals surface area contributed by atoms with Gasteiger partial charge in [0.25, 0.3) is 0 Å². The van der Waals surface area contributed by atoms with Gasteiger partial charge in [0.05, 0.1) is 7.11 Å². The lowest BCUT2D eigenvalue weighted by atomic mass is 9.97. The molecule has 2 rings (SSSR count). The Hall–Kier alpha value is -1.02. The molecule has 0 bridgehead atoms. The molecule has 0 radical (unpaired) electrons. The van der Waals surface area contributed by atoms with Crippen LogP contribution in [0.25, 0.3) is 0 Å². The van der Waals surface area contributed by atoms with E-state index in [-0.39, 0.29) is 0 Å². The molecule has 1 aliphatic rings. The minimum atomic E-state index is 0.529. The third-order valence-corrected chi connectivity index (χ3v) is 3.65. The van der Waals surface area contributed by atoms with Gasteiger partial charge in [0.15, 0.2) is 0 Å². The van der Waals surface area contributed by atoms with Crippen LogP contribution in [0, 0.1) is 13.8 Å². The van der Waals surface area contributed by atoms with Gasteiger partial charge in [0.2, 0.25) is 0 Å². The van der Waals surface area contributed by atoms with Crippen LogP contribution in [0.1, 0.15) is 48.4 Å². The van der Waals surface area contributed by atoms with Gasteiger partial charge in [-0.15, -0.1) is 0 Å². The first kappa shape index (κ1) is 12.4. The lowest BCUT2D eigenvalue weighted by Gasteiger charge is -2.19. The molecule has 1 N–H and O–H groups in total. The predicted molar refractivity (Wildman–Crippen MR) is 71.7 cm³/mol.